The molecule has 3 aliphatic carbocycles. The highest BCUT2D eigenvalue weighted by Crippen LogP contribution is 2.34. The summed E-state index contributed by atoms with van der Waals surface area (Å²) in [5, 5.41) is 5.69. The van der Waals surface area contributed by atoms with Crippen molar-refractivity contribution < 1.29 is 23.9 Å². The summed E-state index contributed by atoms with van der Waals surface area (Å²) in [6.45, 7) is 5.77. The first-order chi connectivity index (χ1) is 31.3. The van der Waals surface area contributed by atoms with Crippen molar-refractivity contribution in [1.29, 1.82) is 0 Å². The molecule has 324 valence electrons. The van der Waals surface area contributed by atoms with Crippen LogP contribution in [0, 0.1) is 0 Å². The number of likely N-dealkylation sites (N-methyl/N-ethyl adjacent to an activating group) is 1. The van der Waals surface area contributed by atoms with Crippen LogP contribution in [-0.4, -0.2) is 42.5 Å². The quantitative estimate of drug-likeness (QED) is 0.136. The van der Waals surface area contributed by atoms with Crippen molar-refractivity contribution in [2.45, 2.75) is 52.4 Å². The number of nitrogens with one attached hydrogen (secondary N) is 2. The Morgan fingerprint density at radius 1 is 0.500 bits per heavy atom. The van der Waals surface area contributed by atoms with Crippen molar-refractivity contribution in [2.75, 3.05) is 30.5 Å². The number of para-hydroxylation sites is 1. The normalized spacial score (nSPS) is 14.3. The van der Waals surface area contributed by atoms with Gasteiger partial charge in [0.15, 0.2) is 11.5 Å². The van der Waals surface area contributed by atoms with E-state index in [1.807, 2.05) is 79.4 Å². The fraction of sp³-hybridized carbons (Fsp3) is 0.196. The lowest BCUT2D eigenvalue weighted by atomic mass is 9.92. The minimum absolute atomic E-state index is 0.0963. The van der Waals surface area contributed by atoms with E-state index in [1.54, 1.807) is 36.4 Å². The number of nitrogens with zero attached hydrogens (tertiary/aromatic N) is 1. The van der Waals surface area contributed by atoms with E-state index in [-0.39, 0.29) is 24.5 Å². The lowest BCUT2D eigenvalue weighted by molar-refractivity contribution is -0.125. The van der Waals surface area contributed by atoms with Crippen LogP contribution in [0.2, 0.25) is 0 Å². The third-order valence-electron chi connectivity index (χ3n) is 11.3. The predicted molar refractivity (Wildman–Crippen MR) is 260 cm³/mol. The van der Waals surface area contributed by atoms with Crippen molar-refractivity contribution >= 4 is 47.3 Å². The second kappa shape index (κ2) is 22.6. The van der Waals surface area contributed by atoms with Gasteiger partial charge < -0.3 is 25.0 Å². The molecule has 8 nitrogen and oxygen atoms in total. The van der Waals surface area contributed by atoms with Gasteiger partial charge in [-0.05, 0) is 127 Å². The zero-order valence-corrected chi connectivity index (χ0v) is 36.6. The number of amides is 3. The Balaban J connectivity index is 0.000000145. The van der Waals surface area contributed by atoms with Gasteiger partial charge in [0.1, 0.15) is 0 Å². The van der Waals surface area contributed by atoms with E-state index < -0.39 is 0 Å². The summed E-state index contributed by atoms with van der Waals surface area (Å²) in [7, 11) is 0. The van der Waals surface area contributed by atoms with Gasteiger partial charge in [0.05, 0.1) is 0 Å². The number of carbonyl (C=O) groups excluding carboxylic acids is 3. The Kier molecular flexibility index (Phi) is 15.7. The average Bonchev–Trinajstić information content (AvgIpc) is 3.81. The first-order valence-corrected chi connectivity index (χ1v) is 22.1. The maximum absolute atomic E-state index is 12.1. The zero-order chi connectivity index (χ0) is 44.5. The molecule has 0 aromatic heterocycles. The first-order valence-electron chi connectivity index (χ1n) is 22.1. The van der Waals surface area contributed by atoms with Crippen molar-refractivity contribution in [2.24, 2.45) is 0 Å². The summed E-state index contributed by atoms with van der Waals surface area (Å²) < 4.78 is 10.6. The SMILES string of the molecule is CCN(CC)C(=O)C=CC1=Cc2ccccc2CC1.O=C(C=CC1=Cc2ccccc2CC1)Nc1ccc2c(c1)OCO2.O=C(C=CC1=Cc2ccccc2CC1)Nc1ccccc1. The van der Waals surface area contributed by atoms with Gasteiger partial charge in [-0.2, -0.15) is 0 Å². The minimum atomic E-state index is -0.159. The van der Waals surface area contributed by atoms with Gasteiger partial charge in [0.25, 0.3) is 0 Å². The fourth-order valence-corrected chi connectivity index (χ4v) is 7.80. The van der Waals surface area contributed by atoms with E-state index in [2.05, 4.69) is 89.5 Å². The molecule has 0 saturated heterocycles. The Hall–Kier alpha value is -7.45. The Bertz CT molecular complexity index is 2630. The van der Waals surface area contributed by atoms with Crippen molar-refractivity contribution in [3.05, 3.63) is 208 Å². The van der Waals surface area contributed by atoms with Crippen molar-refractivity contribution in [3.63, 3.8) is 0 Å². The summed E-state index contributed by atoms with van der Waals surface area (Å²) in [6.07, 6.45) is 23.2. The molecular formula is C56H55N3O5. The molecule has 0 fully saturated rings. The van der Waals surface area contributed by atoms with Gasteiger partial charge in [0, 0.05) is 48.8 Å². The molecule has 3 amide bonds. The molecule has 0 atom stereocenters. The molecule has 0 spiro atoms. The Morgan fingerprint density at radius 3 is 1.44 bits per heavy atom. The highest BCUT2D eigenvalue weighted by molar-refractivity contribution is 6.00. The molecule has 1 heterocycles. The molecule has 5 aromatic carbocycles. The molecular weight excluding hydrogens is 795 g/mol. The van der Waals surface area contributed by atoms with Gasteiger partial charge in [-0.15, -0.1) is 0 Å². The molecule has 0 bridgehead atoms. The topological polar surface area (TPSA) is 97.0 Å². The van der Waals surface area contributed by atoms with E-state index in [9.17, 15) is 14.4 Å². The number of hydrogen-bond donors (Lipinski definition) is 2. The summed E-state index contributed by atoms with van der Waals surface area (Å²) in [5.41, 5.74) is 13.0. The predicted octanol–water partition coefficient (Wildman–Crippen LogP) is 11.6. The van der Waals surface area contributed by atoms with Crippen LogP contribution in [0.1, 0.15) is 66.5 Å². The van der Waals surface area contributed by atoms with Crippen LogP contribution in [0.15, 0.2) is 175 Å². The standard InChI is InChI=1S/C20H17NO3.C19H17NO.C17H21NO/c22-20(21-17-8-9-18-19(12-17)24-13-23-18)10-6-14-5-7-15-3-1-2-4-16(15)11-14;21-19(20-18-8-2-1-3-9-18)13-11-15-10-12-16-6-4-5-7-17(16)14-15;1-3-18(4-2)17(19)12-10-14-9-11-15-7-5-6-8-16(15)13-14/h1-4,6,8-12H,5,7,13H2,(H,21,22);1-9,11,13-14H,10,12H2,(H,20,21);5-8,10,12-13H,3-4,9,11H2,1-2H3. The molecule has 0 radical (unpaired) electrons. The maximum atomic E-state index is 12.1. The molecule has 9 rings (SSSR count). The largest absolute Gasteiger partial charge is 0.454 e. The van der Waals surface area contributed by atoms with Gasteiger partial charge in [-0.1, -0.05) is 127 Å². The highest BCUT2D eigenvalue weighted by atomic mass is 16.7. The smallest absolute Gasteiger partial charge is 0.248 e. The van der Waals surface area contributed by atoms with E-state index in [1.165, 1.54) is 44.5 Å². The van der Waals surface area contributed by atoms with Gasteiger partial charge in [0.2, 0.25) is 24.5 Å². The number of benzene rings is 5. The third-order valence-corrected chi connectivity index (χ3v) is 11.3. The van der Waals surface area contributed by atoms with Crippen molar-refractivity contribution in [1.82, 2.24) is 4.90 Å². The molecule has 8 heteroatoms. The summed E-state index contributed by atoms with van der Waals surface area (Å²) in [6, 6.07) is 40.0. The molecule has 5 aromatic rings. The first kappa shape index (κ1) is 44.6. The zero-order valence-electron chi connectivity index (χ0n) is 36.6. The molecule has 1 aliphatic heterocycles. The second-order valence-corrected chi connectivity index (χ2v) is 15.7. The van der Waals surface area contributed by atoms with Crippen molar-refractivity contribution in [3.8, 4) is 11.5 Å². The van der Waals surface area contributed by atoms with Crippen LogP contribution >= 0.6 is 0 Å². The number of rotatable bonds is 10. The highest BCUT2D eigenvalue weighted by Gasteiger charge is 2.15. The number of allylic oxidation sites excluding steroid dienone is 6. The van der Waals surface area contributed by atoms with Crippen LogP contribution in [0.4, 0.5) is 11.4 Å². The van der Waals surface area contributed by atoms with Gasteiger partial charge in [-0.25, -0.2) is 0 Å². The maximum Gasteiger partial charge on any atom is 0.248 e. The van der Waals surface area contributed by atoms with Gasteiger partial charge >= 0.3 is 0 Å². The summed E-state index contributed by atoms with van der Waals surface area (Å²) >= 11 is 0. The van der Waals surface area contributed by atoms with E-state index in [4.69, 9.17) is 9.47 Å². The number of aryl methyl sites for hydroxylation is 3. The molecule has 0 saturated carbocycles. The second-order valence-electron chi connectivity index (χ2n) is 15.7. The number of hydrogen-bond acceptors (Lipinski definition) is 5. The average molecular weight is 850 g/mol. The van der Waals surface area contributed by atoms with Gasteiger partial charge in [-0.3, -0.25) is 14.4 Å². The number of anilines is 2. The number of fused-ring (bicyclic) bond motifs is 4. The number of ether oxygens (including phenoxy) is 2. The third kappa shape index (κ3) is 12.8. The lowest BCUT2D eigenvalue weighted by Crippen LogP contribution is -2.28. The Labute approximate surface area is 377 Å². The number of carbonyl (C=O) groups is 3. The van der Waals surface area contributed by atoms with Crippen LogP contribution in [0.3, 0.4) is 0 Å². The molecule has 2 N–H and O–H groups in total. The van der Waals surface area contributed by atoms with E-state index in [0.29, 0.717) is 17.2 Å². The van der Waals surface area contributed by atoms with Crippen LogP contribution < -0.4 is 20.1 Å². The fourth-order valence-electron chi connectivity index (χ4n) is 7.80. The molecule has 0 unspecified atom stereocenters. The monoisotopic (exact) mass is 849 g/mol. The van der Waals surface area contributed by atoms with Crippen LogP contribution in [0.5, 0.6) is 11.5 Å². The Morgan fingerprint density at radius 2 is 0.938 bits per heavy atom. The van der Waals surface area contributed by atoms with Crippen LogP contribution in [-0.2, 0) is 33.6 Å². The van der Waals surface area contributed by atoms with E-state index >= 15 is 0 Å². The minimum Gasteiger partial charge on any atom is -0.454 e. The molecule has 4 aliphatic rings. The van der Waals surface area contributed by atoms with Crippen LogP contribution in [0.25, 0.3) is 18.2 Å². The summed E-state index contributed by atoms with van der Waals surface area (Å²) in [5.74, 6) is 1.21. The molecule has 64 heavy (non-hydrogen) atoms. The lowest BCUT2D eigenvalue weighted by Gasteiger charge is -2.17. The van der Waals surface area contributed by atoms with E-state index in [0.717, 1.165) is 62.9 Å². The summed E-state index contributed by atoms with van der Waals surface area (Å²) in [4.78, 5) is 37.7.